The Morgan fingerprint density at radius 3 is 2.54 bits per heavy atom. The van der Waals surface area contributed by atoms with Crippen molar-refractivity contribution in [3.8, 4) is 0 Å². The van der Waals surface area contributed by atoms with Crippen LogP contribution in [0.4, 0.5) is 0 Å². The molecule has 1 N–H and O–H groups in total. The summed E-state index contributed by atoms with van der Waals surface area (Å²) in [4.78, 5) is 2.37. The smallest absolute Gasteiger partial charge is 0.0679 e. The third kappa shape index (κ3) is 4.63. The van der Waals surface area contributed by atoms with Crippen molar-refractivity contribution >= 4 is 0 Å². The highest BCUT2D eigenvalue weighted by Crippen LogP contribution is 2.21. The molecule has 0 aromatic carbocycles. The van der Waals surface area contributed by atoms with Crippen molar-refractivity contribution in [3.63, 3.8) is 0 Å². The van der Waals surface area contributed by atoms with Crippen LogP contribution in [0, 0.1) is 5.41 Å². The average molecular weight is 185 g/mol. The van der Waals surface area contributed by atoms with E-state index in [9.17, 15) is 5.11 Å². The number of rotatable bonds is 3. The molecule has 13 heavy (non-hydrogen) atoms. The van der Waals surface area contributed by atoms with Crippen molar-refractivity contribution in [3.05, 3.63) is 0 Å². The second-order valence-electron chi connectivity index (χ2n) is 5.41. The van der Waals surface area contributed by atoms with Crippen LogP contribution in [0.15, 0.2) is 0 Å². The van der Waals surface area contributed by atoms with Crippen molar-refractivity contribution in [1.29, 1.82) is 0 Å². The van der Waals surface area contributed by atoms with E-state index in [4.69, 9.17) is 0 Å². The molecular weight excluding hydrogens is 162 g/mol. The number of aliphatic hydroxyl groups is 1. The minimum atomic E-state index is -0.0605. The van der Waals surface area contributed by atoms with Gasteiger partial charge in [0.15, 0.2) is 0 Å². The maximum atomic E-state index is 9.32. The maximum absolute atomic E-state index is 9.32. The van der Waals surface area contributed by atoms with Crippen LogP contribution in [-0.4, -0.2) is 35.7 Å². The first-order valence-electron chi connectivity index (χ1n) is 5.38. The van der Waals surface area contributed by atoms with Crippen LogP contribution in [0.1, 0.15) is 40.0 Å². The average Bonchev–Trinajstić information content (AvgIpc) is 2.33. The molecule has 1 rings (SSSR count). The van der Waals surface area contributed by atoms with Gasteiger partial charge < -0.3 is 10.0 Å². The molecule has 0 aliphatic carbocycles. The third-order valence-electron chi connectivity index (χ3n) is 2.65. The van der Waals surface area contributed by atoms with Gasteiger partial charge in [-0.25, -0.2) is 0 Å². The van der Waals surface area contributed by atoms with Gasteiger partial charge in [-0.3, -0.25) is 0 Å². The SMILES string of the molecule is CC(C)(C)CCCN1CCC(O)C1. The number of likely N-dealkylation sites (tertiary alicyclic amines) is 1. The number of aliphatic hydroxyl groups excluding tert-OH is 1. The molecule has 1 unspecified atom stereocenters. The van der Waals surface area contributed by atoms with E-state index in [-0.39, 0.29) is 6.10 Å². The highest BCUT2D eigenvalue weighted by atomic mass is 16.3. The summed E-state index contributed by atoms with van der Waals surface area (Å²) in [6.07, 6.45) is 3.44. The first-order valence-corrected chi connectivity index (χ1v) is 5.38. The Kier molecular flexibility index (Phi) is 3.74. The van der Waals surface area contributed by atoms with Crippen molar-refractivity contribution in [2.75, 3.05) is 19.6 Å². The molecule has 0 aromatic rings. The lowest BCUT2D eigenvalue weighted by atomic mass is 9.90. The molecule has 2 nitrogen and oxygen atoms in total. The summed E-state index contributed by atoms with van der Waals surface area (Å²) in [7, 11) is 0. The summed E-state index contributed by atoms with van der Waals surface area (Å²) in [5.41, 5.74) is 0.457. The summed E-state index contributed by atoms with van der Waals surface area (Å²) < 4.78 is 0. The van der Waals surface area contributed by atoms with Crippen LogP contribution >= 0.6 is 0 Å². The quantitative estimate of drug-likeness (QED) is 0.725. The molecule has 0 radical (unpaired) electrons. The molecule has 0 aromatic heterocycles. The van der Waals surface area contributed by atoms with E-state index < -0.39 is 0 Å². The van der Waals surface area contributed by atoms with Gasteiger partial charge in [0.1, 0.15) is 0 Å². The molecule has 0 spiro atoms. The zero-order valence-corrected chi connectivity index (χ0v) is 9.21. The van der Waals surface area contributed by atoms with Gasteiger partial charge in [0.05, 0.1) is 6.10 Å². The number of hydrogen-bond acceptors (Lipinski definition) is 2. The predicted molar refractivity (Wildman–Crippen MR) is 55.8 cm³/mol. The van der Waals surface area contributed by atoms with E-state index in [1.54, 1.807) is 0 Å². The summed E-state index contributed by atoms with van der Waals surface area (Å²) in [6.45, 7) is 9.99. The van der Waals surface area contributed by atoms with Gasteiger partial charge in [0.25, 0.3) is 0 Å². The lowest BCUT2D eigenvalue weighted by molar-refractivity contribution is 0.174. The molecule has 1 heterocycles. The first kappa shape index (κ1) is 11.0. The molecule has 0 saturated carbocycles. The van der Waals surface area contributed by atoms with E-state index >= 15 is 0 Å². The van der Waals surface area contributed by atoms with E-state index in [0.717, 1.165) is 26.1 Å². The summed E-state index contributed by atoms with van der Waals surface area (Å²) in [6, 6.07) is 0. The lowest BCUT2D eigenvalue weighted by Gasteiger charge is -2.20. The Hall–Kier alpha value is -0.0800. The van der Waals surface area contributed by atoms with E-state index in [1.165, 1.54) is 12.8 Å². The van der Waals surface area contributed by atoms with Crippen molar-refractivity contribution in [2.24, 2.45) is 5.41 Å². The van der Waals surface area contributed by atoms with Gasteiger partial charge in [0, 0.05) is 13.1 Å². The molecule has 0 amide bonds. The van der Waals surface area contributed by atoms with Gasteiger partial charge >= 0.3 is 0 Å². The summed E-state index contributed by atoms with van der Waals surface area (Å²) in [5.74, 6) is 0. The van der Waals surface area contributed by atoms with Crippen LogP contribution in [-0.2, 0) is 0 Å². The molecule has 1 fully saturated rings. The van der Waals surface area contributed by atoms with E-state index in [0.29, 0.717) is 5.41 Å². The van der Waals surface area contributed by atoms with Crippen molar-refractivity contribution < 1.29 is 5.11 Å². The molecule has 2 heteroatoms. The van der Waals surface area contributed by atoms with Gasteiger partial charge in [-0.15, -0.1) is 0 Å². The minimum absolute atomic E-state index is 0.0605. The molecular formula is C11H23NO. The second-order valence-corrected chi connectivity index (χ2v) is 5.41. The Morgan fingerprint density at radius 2 is 2.08 bits per heavy atom. The Morgan fingerprint density at radius 1 is 1.38 bits per heavy atom. The van der Waals surface area contributed by atoms with Crippen LogP contribution < -0.4 is 0 Å². The van der Waals surface area contributed by atoms with Crippen LogP contribution in [0.3, 0.4) is 0 Å². The van der Waals surface area contributed by atoms with Crippen LogP contribution in [0.2, 0.25) is 0 Å². The molecule has 1 saturated heterocycles. The summed E-state index contributed by atoms with van der Waals surface area (Å²) >= 11 is 0. The summed E-state index contributed by atoms with van der Waals surface area (Å²) in [5, 5.41) is 9.32. The van der Waals surface area contributed by atoms with Gasteiger partial charge in [-0.2, -0.15) is 0 Å². The Balaban J connectivity index is 2.07. The van der Waals surface area contributed by atoms with Gasteiger partial charge in [-0.1, -0.05) is 20.8 Å². The van der Waals surface area contributed by atoms with Crippen molar-refractivity contribution in [1.82, 2.24) is 4.90 Å². The first-order chi connectivity index (χ1) is 5.97. The Bertz CT molecular complexity index is 151. The molecule has 1 aliphatic heterocycles. The largest absolute Gasteiger partial charge is 0.392 e. The Labute approximate surface area is 81.9 Å². The zero-order valence-electron chi connectivity index (χ0n) is 9.21. The number of hydrogen-bond donors (Lipinski definition) is 1. The predicted octanol–water partition coefficient (Wildman–Crippen LogP) is 1.88. The monoisotopic (exact) mass is 185 g/mol. The highest BCUT2D eigenvalue weighted by molar-refractivity contribution is 4.74. The maximum Gasteiger partial charge on any atom is 0.0679 e. The fourth-order valence-corrected chi connectivity index (χ4v) is 1.85. The lowest BCUT2D eigenvalue weighted by Crippen LogP contribution is -2.24. The fourth-order valence-electron chi connectivity index (χ4n) is 1.85. The molecule has 1 aliphatic rings. The molecule has 0 bridgehead atoms. The topological polar surface area (TPSA) is 23.5 Å². The standard InChI is InChI=1S/C11H23NO/c1-11(2,3)6-4-7-12-8-5-10(13)9-12/h10,13H,4-9H2,1-3H3. The van der Waals surface area contributed by atoms with Crippen molar-refractivity contribution in [2.45, 2.75) is 46.1 Å². The highest BCUT2D eigenvalue weighted by Gasteiger charge is 2.20. The van der Waals surface area contributed by atoms with Crippen LogP contribution in [0.25, 0.3) is 0 Å². The van der Waals surface area contributed by atoms with E-state index in [2.05, 4.69) is 25.7 Å². The van der Waals surface area contributed by atoms with Crippen LogP contribution in [0.5, 0.6) is 0 Å². The molecule has 78 valence electrons. The van der Waals surface area contributed by atoms with E-state index in [1.807, 2.05) is 0 Å². The minimum Gasteiger partial charge on any atom is -0.392 e. The van der Waals surface area contributed by atoms with Gasteiger partial charge in [0.2, 0.25) is 0 Å². The third-order valence-corrected chi connectivity index (χ3v) is 2.65. The second kappa shape index (κ2) is 4.43. The fraction of sp³-hybridized carbons (Fsp3) is 1.00. The normalized spacial score (nSPS) is 25.4. The van der Waals surface area contributed by atoms with Gasteiger partial charge in [-0.05, 0) is 31.2 Å². The zero-order chi connectivity index (χ0) is 9.90. The number of β-amino-alcohol motifs (C(OH)–C–C–N with tert-alkyl or cyclic N) is 1. The molecule has 1 atom stereocenters. The number of nitrogens with zero attached hydrogens (tertiary/aromatic N) is 1.